The number of hydrogen-bond acceptors (Lipinski definition) is 3. The molecule has 0 bridgehead atoms. The van der Waals surface area contributed by atoms with E-state index in [1.54, 1.807) is 7.11 Å². The Morgan fingerprint density at radius 2 is 1.83 bits per heavy atom. The second-order valence-corrected chi connectivity index (χ2v) is 4.27. The van der Waals surface area contributed by atoms with E-state index in [4.69, 9.17) is 10.5 Å². The highest BCUT2D eigenvalue weighted by molar-refractivity contribution is 5.69. The lowest BCUT2D eigenvalue weighted by Crippen LogP contribution is -1.97. The summed E-state index contributed by atoms with van der Waals surface area (Å²) >= 11 is 0. The molecule has 0 unspecified atom stereocenters. The minimum Gasteiger partial charge on any atom is -0.398 e. The molecule has 0 heterocycles. The second kappa shape index (κ2) is 5.56. The minimum atomic E-state index is 0.637. The summed E-state index contributed by atoms with van der Waals surface area (Å²) in [6, 6.07) is 14.1. The van der Waals surface area contributed by atoms with Gasteiger partial charge in [-0.1, -0.05) is 18.2 Å². The maximum Gasteiger partial charge on any atom is 0.0713 e. The molecule has 0 saturated carbocycles. The number of anilines is 3. The molecule has 0 amide bonds. The first-order chi connectivity index (χ1) is 8.70. The third-order valence-electron chi connectivity index (χ3n) is 2.92. The van der Waals surface area contributed by atoms with Crippen LogP contribution in [0.4, 0.5) is 17.1 Å². The lowest BCUT2D eigenvalue weighted by Gasteiger charge is -2.11. The van der Waals surface area contributed by atoms with Crippen molar-refractivity contribution in [2.24, 2.45) is 0 Å². The van der Waals surface area contributed by atoms with Crippen LogP contribution < -0.4 is 11.1 Å². The molecule has 0 aliphatic heterocycles. The molecule has 2 aromatic carbocycles. The van der Waals surface area contributed by atoms with Gasteiger partial charge >= 0.3 is 0 Å². The Bertz CT molecular complexity index is 521. The molecule has 3 nitrogen and oxygen atoms in total. The van der Waals surface area contributed by atoms with E-state index < -0.39 is 0 Å². The predicted molar refractivity (Wildman–Crippen MR) is 76.0 cm³/mol. The highest BCUT2D eigenvalue weighted by Crippen LogP contribution is 2.24. The van der Waals surface area contributed by atoms with E-state index in [0.717, 1.165) is 28.2 Å². The van der Waals surface area contributed by atoms with Gasteiger partial charge in [-0.2, -0.15) is 0 Å². The molecule has 0 spiro atoms. The van der Waals surface area contributed by atoms with E-state index in [9.17, 15) is 0 Å². The topological polar surface area (TPSA) is 47.3 Å². The third kappa shape index (κ3) is 2.81. The highest BCUT2D eigenvalue weighted by Gasteiger charge is 2.01. The van der Waals surface area contributed by atoms with Gasteiger partial charge in [0.1, 0.15) is 0 Å². The van der Waals surface area contributed by atoms with Gasteiger partial charge in [0, 0.05) is 24.2 Å². The van der Waals surface area contributed by atoms with Crippen molar-refractivity contribution < 1.29 is 4.74 Å². The van der Waals surface area contributed by atoms with Crippen molar-refractivity contribution in [3.05, 3.63) is 53.6 Å². The molecule has 18 heavy (non-hydrogen) atoms. The van der Waals surface area contributed by atoms with Gasteiger partial charge in [0.2, 0.25) is 0 Å². The van der Waals surface area contributed by atoms with Crippen LogP contribution in [0.3, 0.4) is 0 Å². The first-order valence-electron chi connectivity index (χ1n) is 5.90. The SMILES string of the molecule is COCc1ccc(Nc2cccc(N)c2C)cc1. The zero-order valence-corrected chi connectivity index (χ0v) is 10.7. The van der Waals surface area contributed by atoms with Gasteiger partial charge in [-0.25, -0.2) is 0 Å². The van der Waals surface area contributed by atoms with Crippen molar-refractivity contribution in [2.45, 2.75) is 13.5 Å². The van der Waals surface area contributed by atoms with Crippen molar-refractivity contribution in [1.82, 2.24) is 0 Å². The molecule has 3 N–H and O–H groups in total. The lowest BCUT2D eigenvalue weighted by molar-refractivity contribution is 0.185. The Morgan fingerprint density at radius 3 is 2.50 bits per heavy atom. The maximum atomic E-state index is 5.88. The number of ether oxygens (including phenoxy) is 1. The second-order valence-electron chi connectivity index (χ2n) is 4.27. The summed E-state index contributed by atoms with van der Waals surface area (Å²) in [6.07, 6.45) is 0. The summed E-state index contributed by atoms with van der Waals surface area (Å²) in [5.41, 5.74) is 11.0. The number of nitrogens with two attached hydrogens (primary N) is 1. The molecule has 0 atom stereocenters. The molecule has 2 rings (SSSR count). The quantitative estimate of drug-likeness (QED) is 0.807. The predicted octanol–water partition coefficient (Wildman–Crippen LogP) is 3.47. The van der Waals surface area contributed by atoms with Crippen LogP contribution in [0.1, 0.15) is 11.1 Å². The summed E-state index contributed by atoms with van der Waals surface area (Å²) in [5.74, 6) is 0. The maximum absolute atomic E-state index is 5.88. The van der Waals surface area contributed by atoms with E-state index >= 15 is 0 Å². The van der Waals surface area contributed by atoms with Crippen LogP contribution in [0.5, 0.6) is 0 Å². The molecule has 0 aromatic heterocycles. The zero-order chi connectivity index (χ0) is 13.0. The van der Waals surface area contributed by atoms with Crippen molar-refractivity contribution in [1.29, 1.82) is 0 Å². The van der Waals surface area contributed by atoms with E-state index in [1.165, 1.54) is 0 Å². The molecule has 0 radical (unpaired) electrons. The Kier molecular flexibility index (Phi) is 3.85. The monoisotopic (exact) mass is 242 g/mol. The highest BCUT2D eigenvalue weighted by atomic mass is 16.5. The van der Waals surface area contributed by atoms with E-state index in [1.807, 2.05) is 49.4 Å². The fourth-order valence-corrected chi connectivity index (χ4v) is 1.80. The van der Waals surface area contributed by atoms with Gasteiger partial charge in [0.05, 0.1) is 6.61 Å². The summed E-state index contributed by atoms with van der Waals surface area (Å²) in [7, 11) is 1.70. The Morgan fingerprint density at radius 1 is 1.11 bits per heavy atom. The summed E-state index contributed by atoms with van der Waals surface area (Å²) < 4.78 is 5.08. The molecule has 94 valence electrons. The molecule has 3 heteroatoms. The fourth-order valence-electron chi connectivity index (χ4n) is 1.80. The van der Waals surface area contributed by atoms with Crippen LogP contribution in [0.15, 0.2) is 42.5 Å². The van der Waals surface area contributed by atoms with Crippen LogP contribution in [-0.2, 0) is 11.3 Å². The zero-order valence-electron chi connectivity index (χ0n) is 10.7. The number of methoxy groups -OCH3 is 1. The largest absolute Gasteiger partial charge is 0.398 e. The van der Waals surface area contributed by atoms with Crippen molar-refractivity contribution in [3.63, 3.8) is 0 Å². The normalized spacial score (nSPS) is 10.3. The van der Waals surface area contributed by atoms with Crippen molar-refractivity contribution in [3.8, 4) is 0 Å². The average molecular weight is 242 g/mol. The molecule has 0 aliphatic rings. The van der Waals surface area contributed by atoms with Gasteiger partial charge in [0.25, 0.3) is 0 Å². The summed E-state index contributed by atoms with van der Waals surface area (Å²) in [4.78, 5) is 0. The molecular formula is C15H18N2O. The standard InChI is InChI=1S/C15H18N2O/c1-11-14(16)4-3-5-15(11)17-13-8-6-12(7-9-13)10-18-2/h3-9,17H,10,16H2,1-2H3. The molecule has 0 aliphatic carbocycles. The van der Waals surface area contributed by atoms with E-state index in [0.29, 0.717) is 6.61 Å². The summed E-state index contributed by atoms with van der Waals surface area (Å²) in [5, 5.41) is 3.36. The van der Waals surface area contributed by atoms with Gasteiger partial charge in [-0.05, 0) is 42.3 Å². The Hall–Kier alpha value is -2.00. The number of nitrogens with one attached hydrogen (secondary N) is 1. The number of hydrogen-bond donors (Lipinski definition) is 2. The van der Waals surface area contributed by atoms with Crippen molar-refractivity contribution in [2.75, 3.05) is 18.2 Å². The molecule has 0 saturated heterocycles. The molecule has 2 aromatic rings. The van der Waals surface area contributed by atoms with Crippen LogP contribution in [0.25, 0.3) is 0 Å². The Balaban J connectivity index is 2.16. The number of rotatable bonds is 4. The smallest absolute Gasteiger partial charge is 0.0713 e. The van der Waals surface area contributed by atoms with Crippen LogP contribution in [0.2, 0.25) is 0 Å². The van der Waals surface area contributed by atoms with Crippen LogP contribution >= 0.6 is 0 Å². The minimum absolute atomic E-state index is 0.637. The van der Waals surface area contributed by atoms with Crippen molar-refractivity contribution >= 4 is 17.1 Å². The first-order valence-corrected chi connectivity index (χ1v) is 5.90. The van der Waals surface area contributed by atoms with Crippen LogP contribution in [0, 0.1) is 6.92 Å². The lowest BCUT2D eigenvalue weighted by atomic mass is 10.1. The summed E-state index contributed by atoms with van der Waals surface area (Å²) in [6.45, 7) is 2.65. The Labute approximate surface area is 108 Å². The molecule has 0 fully saturated rings. The first kappa shape index (κ1) is 12.5. The van der Waals surface area contributed by atoms with Crippen LogP contribution in [-0.4, -0.2) is 7.11 Å². The molecular weight excluding hydrogens is 224 g/mol. The number of nitrogen functional groups attached to an aromatic ring is 1. The fraction of sp³-hybridized carbons (Fsp3) is 0.200. The van der Waals surface area contributed by atoms with Gasteiger partial charge < -0.3 is 15.8 Å². The van der Waals surface area contributed by atoms with E-state index in [-0.39, 0.29) is 0 Å². The number of benzene rings is 2. The van der Waals surface area contributed by atoms with E-state index in [2.05, 4.69) is 5.32 Å². The third-order valence-corrected chi connectivity index (χ3v) is 2.92. The average Bonchev–Trinajstić information content (AvgIpc) is 2.38. The van der Waals surface area contributed by atoms with Gasteiger partial charge in [-0.15, -0.1) is 0 Å². The van der Waals surface area contributed by atoms with Gasteiger partial charge in [0.15, 0.2) is 0 Å². The van der Waals surface area contributed by atoms with Gasteiger partial charge in [-0.3, -0.25) is 0 Å².